The molecule has 21 heavy (non-hydrogen) atoms. The van der Waals surface area contributed by atoms with Gasteiger partial charge in [0, 0.05) is 42.8 Å². The zero-order valence-electron chi connectivity index (χ0n) is 12.0. The number of likely N-dealkylation sites (tertiary alicyclic amines) is 1. The molecule has 0 saturated carbocycles. The van der Waals surface area contributed by atoms with Gasteiger partial charge in [-0.25, -0.2) is 0 Å². The van der Waals surface area contributed by atoms with Gasteiger partial charge in [-0.15, -0.1) is 0 Å². The van der Waals surface area contributed by atoms with Gasteiger partial charge in [0.2, 0.25) is 0 Å². The summed E-state index contributed by atoms with van der Waals surface area (Å²) in [6.45, 7) is 2.87. The summed E-state index contributed by atoms with van der Waals surface area (Å²) in [6.07, 6.45) is 4.13. The lowest BCUT2D eigenvalue weighted by Crippen LogP contribution is -2.48. The fraction of sp³-hybridized carbons (Fsp3) is 0.412. The molecule has 108 valence electrons. The van der Waals surface area contributed by atoms with Gasteiger partial charge in [0.25, 0.3) is 5.91 Å². The van der Waals surface area contributed by atoms with Gasteiger partial charge in [0.05, 0.1) is 5.52 Å². The molecule has 4 heteroatoms. The van der Waals surface area contributed by atoms with Crippen LogP contribution < -0.4 is 5.32 Å². The number of nitrogens with zero attached hydrogens (tertiary/aromatic N) is 2. The van der Waals surface area contributed by atoms with E-state index >= 15 is 0 Å². The number of carbonyl (C=O) groups is 1. The van der Waals surface area contributed by atoms with Crippen molar-refractivity contribution < 1.29 is 4.79 Å². The second-order valence-corrected chi connectivity index (χ2v) is 6.04. The highest BCUT2D eigenvalue weighted by Crippen LogP contribution is 2.28. The molecule has 2 aliphatic rings. The van der Waals surface area contributed by atoms with E-state index in [-0.39, 0.29) is 5.91 Å². The van der Waals surface area contributed by atoms with Crippen molar-refractivity contribution in [2.24, 2.45) is 5.92 Å². The summed E-state index contributed by atoms with van der Waals surface area (Å²) in [5.41, 5.74) is 1.72. The van der Waals surface area contributed by atoms with Crippen LogP contribution in [0.1, 0.15) is 23.2 Å². The molecular weight excluding hydrogens is 262 g/mol. The number of benzene rings is 1. The largest absolute Gasteiger partial charge is 0.334 e. The topological polar surface area (TPSA) is 45.2 Å². The predicted molar refractivity (Wildman–Crippen MR) is 82.2 cm³/mol. The molecule has 1 amide bonds. The zero-order chi connectivity index (χ0) is 14.2. The van der Waals surface area contributed by atoms with Gasteiger partial charge < -0.3 is 10.2 Å². The van der Waals surface area contributed by atoms with Crippen molar-refractivity contribution in [2.45, 2.75) is 18.9 Å². The first-order chi connectivity index (χ1) is 10.3. The molecule has 3 heterocycles. The number of pyridine rings is 1. The third-order valence-corrected chi connectivity index (χ3v) is 4.79. The number of hydrogen-bond acceptors (Lipinski definition) is 3. The Labute approximate surface area is 124 Å². The normalized spacial score (nSPS) is 25.0. The van der Waals surface area contributed by atoms with Crippen LogP contribution in [0.2, 0.25) is 0 Å². The SMILES string of the molecule is O=C(c1ccc2ncccc2c1)N1CCCC2CNCC21. The Balaban J connectivity index is 1.66. The van der Waals surface area contributed by atoms with Gasteiger partial charge >= 0.3 is 0 Å². The van der Waals surface area contributed by atoms with E-state index in [4.69, 9.17) is 0 Å². The van der Waals surface area contributed by atoms with Gasteiger partial charge in [-0.1, -0.05) is 6.07 Å². The lowest BCUT2D eigenvalue weighted by molar-refractivity contribution is 0.0575. The molecule has 0 bridgehead atoms. The molecule has 0 radical (unpaired) electrons. The fourth-order valence-electron chi connectivity index (χ4n) is 3.69. The Morgan fingerprint density at radius 1 is 1.29 bits per heavy atom. The zero-order valence-corrected chi connectivity index (χ0v) is 12.0. The molecule has 2 aliphatic heterocycles. The van der Waals surface area contributed by atoms with Gasteiger partial charge in [-0.3, -0.25) is 9.78 Å². The molecule has 0 spiro atoms. The first kappa shape index (κ1) is 12.8. The Hall–Kier alpha value is -1.94. The molecule has 0 aliphatic carbocycles. The van der Waals surface area contributed by atoms with E-state index in [0.717, 1.165) is 42.5 Å². The average molecular weight is 281 g/mol. The number of nitrogens with one attached hydrogen (secondary N) is 1. The van der Waals surface area contributed by atoms with E-state index in [2.05, 4.69) is 15.2 Å². The molecule has 4 rings (SSSR count). The average Bonchev–Trinajstić information content (AvgIpc) is 3.02. The molecular formula is C17H19N3O. The number of carbonyl (C=O) groups excluding carboxylic acids is 1. The monoisotopic (exact) mass is 281 g/mol. The Morgan fingerprint density at radius 2 is 2.24 bits per heavy atom. The maximum atomic E-state index is 12.9. The maximum Gasteiger partial charge on any atom is 0.254 e. The van der Waals surface area contributed by atoms with Gasteiger partial charge in [0.1, 0.15) is 0 Å². The number of piperidine rings is 1. The van der Waals surface area contributed by atoms with Crippen LogP contribution in [0.3, 0.4) is 0 Å². The minimum absolute atomic E-state index is 0.166. The van der Waals surface area contributed by atoms with Crippen molar-refractivity contribution in [3.63, 3.8) is 0 Å². The summed E-state index contributed by atoms with van der Waals surface area (Å²) in [5, 5.41) is 4.46. The summed E-state index contributed by atoms with van der Waals surface area (Å²) < 4.78 is 0. The summed E-state index contributed by atoms with van der Waals surface area (Å²) in [7, 11) is 0. The smallest absolute Gasteiger partial charge is 0.254 e. The molecule has 2 unspecified atom stereocenters. The third-order valence-electron chi connectivity index (χ3n) is 4.79. The molecule has 1 N–H and O–H groups in total. The standard InChI is InChI=1S/C17H19N3O/c21-17(20-8-2-4-14-10-18-11-16(14)20)13-5-6-15-12(9-13)3-1-7-19-15/h1,3,5-7,9,14,16,18H,2,4,8,10-11H2. The van der Waals surface area contributed by atoms with Crippen LogP contribution in [0.4, 0.5) is 0 Å². The minimum atomic E-state index is 0.166. The van der Waals surface area contributed by atoms with Crippen LogP contribution in [0.25, 0.3) is 10.9 Å². The predicted octanol–water partition coefficient (Wildman–Crippen LogP) is 2.06. The molecule has 4 nitrogen and oxygen atoms in total. The van der Waals surface area contributed by atoms with Crippen molar-refractivity contribution >= 4 is 16.8 Å². The van der Waals surface area contributed by atoms with E-state index in [0.29, 0.717) is 12.0 Å². The van der Waals surface area contributed by atoms with Crippen LogP contribution >= 0.6 is 0 Å². The van der Waals surface area contributed by atoms with E-state index < -0.39 is 0 Å². The summed E-state index contributed by atoms with van der Waals surface area (Å²) in [5.74, 6) is 0.795. The molecule has 2 fully saturated rings. The second-order valence-electron chi connectivity index (χ2n) is 6.04. The van der Waals surface area contributed by atoms with Crippen LogP contribution in [0.15, 0.2) is 36.5 Å². The number of aromatic nitrogens is 1. The van der Waals surface area contributed by atoms with Crippen LogP contribution in [0.5, 0.6) is 0 Å². The van der Waals surface area contributed by atoms with Crippen molar-refractivity contribution in [2.75, 3.05) is 19.6 Å². The van der Waals surface area contributed by atoms with Gasteiger partial charge in [-0.2, -0.15) is 0 Å². The quantitative estimate of drug-likeness (QED) is 0.870. The van der Waals surface area contributed by atoms with E-state index in [1.54, 1.807) is 6.20 Å². The number of hydrogen-bond donors (Lipinski definition) is 1. The molecule has 1 aromatic heterocycles. The van der Waals surface area contributed by atoms with Crippen molar-refractivity contribution in [3.8, 4) is 0 Å². The second kappa shape index (κ2) is 5.11. The number of fused-ring (bicyclic) bond motifs is 2. The summed E-state index contributed by atoms with van der Waals surface area (Å²) >= 11 is 0. The van der Waals surface area contributed by atoms with E-state index in [1.807, 2.05) is 30.3 Å². The molecule has 2 atom stereocenters. The van der Waals surface area contributed by atoms with Gasteiger partial charge in [0.15, 0.2) is 0 Å². The summed E-state index contributed by atoms with van der Waals surface area (Å²) in [4.78, 5) is 19.3. The van der Waals surface area contributed by atoms with Crippen LogP contribution in [0, 0.1) is 5.92 Å². The lowest BCUT2D eigenvalue weighted by Gasteiger charge is -2.37. The molecule has 2 aromatic rings. The fourth-order valence-corrected chi connectivity index (χ4v) is 3.69. The first-order valence-corrected chi connectivity index (χ1v) is 7.69. The molecule has 2 saturated heterocycles. The first-order valence-electron chi connectivity index (χ1n) is 7.69. The van der Waals surface area contributed by atoms with E-state index in [9.17, 15) is 4.79 Å². The highest BCUT2D eigenvalue weighted by molar-refractivity contribution is 5.98. The van der Waals surface area contributed by atoms with Crippen molar-refractivity contribution in [3.05, 3.63) is 42.1 Å². The Kier molecular flexibility index (Phi) is 3.11. The van der Waals surface area contributed by atoms with Crippen LogP contribution in [-0.2, 0) is 0 Å². The summed E-state index contributed by atoms with van der Waals surface area (Å²) in [6, 6.07) is 10.1. The Morgan fingerprint density at radius 3 is 3.19 bits per heavy atom. The van der Waals surface area contributed by atoms with Crippen LogP contribution in [-0.4, -0.2) is 41.5 Å². The lowest BCUT2D eigenvalue weighted by atomic mass is 9.91. The third kappa shape index (κ3) is 2.20. The Bertz CT molecular complexity index is 685. The van der Waals surface area contributed by atoms with Crippen molar-refractivity contribution in [1.29, 1.82) is 0 Å². The highest BCUT2D eigenvalue weighted by atomic mass is 16.2. The molecule has 1 aromatic carbocycles. The van der Waals surface area contributed by atoms with E-state index in [1.165, 1.54) is 6.42 Å². The maximum absolute atomic E-state index is 12.9. The minimum Gasteiger partial charge on any atom is -0.334 e. The number of rotatable bonds is 1. The number of amides is 1. The highest BCUT2D eigenvalue weighted by Gasteiger charge is 2.37. The van der Waals surface area contributed by atoms with Gasteiger partial charge in [-0.05, 0) is 43.0 Å². The van der Waals surface area contributed by atoms with Crippen molar-refractivity contribution in [1.82, 2.24) is 15.2 Å².